The van der Waals surface area contributed by atoms with E-state index >= 15 is 0 Å². The second kappa shape index (κ2) is 6.70. The molecule has 1 rings (SSSR count). The van der Waals surface area contributed by atoms with Gasteiger partial charge in [-0.2, -0.15) is 0 Å². The van der Waals surface area contributed by atoms with Crippen molar-refractivity contribution in [1.29, 1.82) is 0 Å². The number of carboxylic acids is 1. The van der Waals surface area contributed by atoms with Gasteiger partial charge in [-0.05, 0) is 11.5 Å². The number of thioether (sulfide) groups is 1. The molecule has 1 aromatic carbocycles. The van der Waals surface area contributed by atoms with E-state index in [-0.39, 0.29) is 11.7 Å². The Morgan fingerprint density at radius 1 is 1.24 bits per heavy atom. The minimum Gasteiger partial charge on any atom is -0.481 e. The van der Waals surface area contributed by atoms with Crippen LogP contribution in [0.2, 0.25) is 0 Å². The molecule has 17 heavy (non-hydrogen) atoms. The molecule has 0 aromatic heterocycles. The maximum atomic E-state index is 10.9. The van der Waals surface area contributed by atoms with Gasteiger partial charge in [0.1, 0.15) is 0 Å². The van der Waals surface area contributed by atoms with Crippen LogP contribution in [0.4, 0.5) is 0 Å². The van der Waals surface area contributed by atoms with Crippen molar-refractivity contribution < 1.29 is 9.90 Å². The first-order chi connectivity index (χ1) is 8.00. The van der Waals surface area contributed by atoms with E-state index in [2.05, 4.69) is 20.8 Å². The molecule has 2 unspecified atom stereocenters. The summed E-state index contributed by atoms with van der Waals surface area (Å²) in [6.07, 6.45) is 0.186. The predicted molar refractivity (Wildman–Crippen MR) is 73.3 cm³/mol. The molecule has 0 saturated carbocycles. The molecular weight excluding hydrogens is 232 g/mol. The van der Waals surface area contributed by atoms with Gasteiger partial charge in [0, 0.05) is 10.5 Å². The lowest BCUT2D eigenvalue weighted by Gasteiger charge is -2.22. The van der Waals surface area contributed by atoms with E-state index in [1.54, 1.807) is 11.8 Å². The fourth-order valence-corrected chi connectivity index (χ4v) is 2.87. The molecule has 2 atom stereocenters. The summed E-state index contributed by atoms with van der Waals surface area (Å²) >= 11 is 1.75. The first kappa shape index (κ1) is 14.1. The summed E-state index contributed by atoms with van der Waals surface area (Å²) in [5.41, 5.74) is 1.10. The van der Waals surface area contributed by atoms with Crippen LogP contribution in [0, 0.1) is 5.92 Å². The molecule has 0 radical (unpaired) electrons. The zero-order valence-electron chi connectivity index (χ0n) is 10.6. The van der Waals surface area contributed by atoms with E-state index in [1.165, 1.54) is 0 Å². The topological polar surface area (TPSA) is 37.3 Å². The summed E-state index contributed by atoms with van der Waals surface area (Å²) in [6.45, 7) is 6.49. The van der Waals surface area contributed by atoms with Gasteiger partial charge in [0.15, 0.2) is 0 Å². The smallest absolute Gasteiger partial charge is 0.304 e. The van der Waals surface area contributed by atoms with E-state index in [1.807, 2.05) is 30.3 Å². The lowest BCUT2D eigenvalue weighted by Crippen LogP contribution is -2.11. The molecule has 94 valence electrons. The molecule has 0 spiro atoms. The van der Waals surface area contributed by atoms with Crippen molar-refractivity contribution in [1.82, 2.24) is 0 Å². The van der Waals surface area contributed by atoms with Gasteiger partial charge in [0.25, 0.3) is 0 Å². The van der Waals surface area contributed by atoms with Crippen molar-refractivity contribution in [2.45, 2.75) is 37.7 Å². The number of benzene rings is 1. The van der Waals surface area contributed by atoms with Crippen LogP contribution >= 0.6 is 11.8 Å². The molecule has 1 N–H and O–H groups in total. The van der Waals surface area contributed by atoms with Crippen LogP contribution in [-0.4, -0.2) is 16.3 Å². The van der Waals surface area contributed by atoms with Crippen LogP contribution in [0.1, 0.15) is 38.0 Å². The van der Waals surface area contributed by atoms with Crippen LogP contribution in [0.5, 0.6) is 0 Å². The van der Waals surface area contributed by atoms with E-state index in [0.717, 1.165) is 5.56 Å². The Labute approximate surface area is 107 Å². The molecular formula is C14H20O2S. The van der Waals surface area contributed by atoms with E-state index < -0.39 is 5.97 Å². The Morgan fingerprint density at radius 2 is 1.82 bits per heavy atom. The normalized spacial score (nSPS) is 14.6. The van der Waals surface area contributed by atoms with Gasteiger partial charge < -0.3 is 5.11 Å². The number of hydrogen-bond acceptors (Lipinski definition) is 2. The van der Waals surface area contributed by atoms with E-state index in [9.17, 15) is 4.79 Å². The fraction of sp³-hybridized carbons (Fsp3) is 0.500. The van der Waals surface area contributed by atoms with Crippen LogP contribution < -0.4 is 0 Å². The molecule has 0 amide bonds. The monoisotopic (exact) mass is 252 g/mol. The van der Waals surface area contributed by atoms with Gasteiger partial charge in [0.2, 0.25) is 0 Å². The molecule has 0 aliphatic rings. The van der Waals surface area contributed by atoms with Gasteiger partial charge in [-0.3, -0.25) is 4.79 Å². The van der Waals surface area contributed by atoms with Crippen molar-refractivity contribution in [3.8, 4) is 0 Å². The minimum atomic E-state index is -0.734. The molecule has 0 aliphatic heterocycles. The number of carbonyl (C=O) groups is 1. The third-order valence-corrected chi connectivity index (χ3v) is 4.59. The lowest BCUT2D eigenvalue weighted by atomic mass is 10.1. The Morgan fingerprint density at radius 3 is 2.29 bits per heavy atom. The van der Waals surface area contributed by atoms with Crippen molar-refractivity contribution >= 4 is 17.7 Å². The van der Waals surface area contributed by atoms with Gasteiger partial charge in [0.05, 0.1) is 6.42 Å². The van der Waals surface area contributed by atoms with E-state index in [4.69, 9.17) is 5.11 Å². The third-order valence-electron chi connectivity index (χ3n) is 2.85. The zero-order valence-corrected chi connectivity index (χ0v) is 11.4. The average molecular weight is 252 g/mol. The SMILES string of the molecule is CC(C)C(C)SC(CC(=O)O)c1ccccc1. The van der Waals surface area contributed by atoms with Crippen LogP contribution in [0.3, 0.4) is 0 Å². The van der Waals surface area contributed by atoms with Gasteiger partial charge in [-0.1, -0.05) is 51.1 Å². The molecule has 0 saturated heterocycles. The van der Waals surface area contributed by atoms with Crippen LogP contribution in [-0.2, 0) is 4.79 Å². The highest BCUT2D eigenvalue weighted by Crippen LogP contribution is 2.37. The summed E-state index contributed by atoms with van der Waals surface area (Å²) in [5, 5.41) is 9.49. The Bertz CT molecular complexity index is 348. The van der Waals surface area contributed by atoms with Gasteiger partial charge in [-0.15, -0.1) is 11.8 Å². The summed E-state index contributed by atoms with van der Waals surface area (Å²) in [4.78, 5) is 10.9. The molecule has 1 aromatic rings. The summed E-state index contributed by atoms with van der Waals surface area (Å²) in [7, 11) is 0. The molecule has 0 bridgehead atoms. The molecule has 2 nitrogen and oxygen atoms in total. The summed E-state index contributed by atoms with van der Waals surface area (Å²) in [5.74, 6) is -0.178. The van der Waals surface area contributed by atoms with Crippen molar-refractivity contribution in [3.05, 3.63) is 35.9 Å². The molecule has 0 heterocycles. The van der Waals surface area contributed by atoms with Crippen molar-refractivity contribution in [2.24, 2.45) is 5.92 Å². The lowest BCUT2D eigenvalue weighted by molar-refractivity contribution is -0.137. The first-order valence-electron chi connectivity index (χ1n) is 5.93. The highest BCUT2D eigenvalue weighted by molar-refractivity contribution is 8.00. The zero-order chi connectivity index (χ0) is 12.8. The third kappa shape index (κ3) is 4.82. The Balaban J connectivity index is 2.77. The summed E-state index contributed by atoms with van der Waals surface area (Å²) < 4.78 is 0. The molecule has 3 heteroatoms. The number of carboxylic acid groups (broad SMARTS) is 1. The average Bonchev–Trinajstić information content (AvgIpc) is 2.28. The highest BCUT2D eigenvalue weighted by Gasteiger charge is 2.20. The molecule has 0 fully saturated rings. The van der Waals surface area contributed by atoms with Gasteiger partial charge >= 0.3 is 5.97 Å². The predicted octanol–water partition coefficient (Wildman–Crippen LogP) is 3.98. The quantitative estimate of drug-likeness (QED) is 0.832. The second-order valence-electron chi connectivity index (χ2n) is 4.58. The Hall–Kier alpha value is -0.960. The maximum Gasteiger partial charge on any atom is 0.304 e. The van der Waals surface area contributed by atoms with E-state index in [0.29, 0.717) is 11.2 Å². The second-order valence-corrected chi connectivity index (χ2v) is 6.17. The van der Waals surface area contributed by atoms with Crippen LogP contribution in [0.25, 0.3) is 0 Å². The maximum absolute atomic E-state index is 10.9. The largest absolute Gasteiger partial charge is 0.481 e. The minimum absolute atomic E-state index is 0.0473. The van der Waals surface area contributed by atoms with Crippen molar-refractivity contribution in [2.75, 3.05) is 0 Å². The number of hydrogen-bond donors (Lipinski definition) is 1. The molecule has 0 aliphatic carbocycles. The first-order valence-corrected chi connectivity index (χ1v) is 6.87. The Kier molecular flexibility index (Phi) is 5.56. The summed E-state index contributed by atoms with van der Waals surface area (Å²) in [6, 6.07) is 9.90. The standard InChI is InChI=1S/C14H20O2S/c1-10(2)11(3)17-13(9-14(15)16)12-7-5-4-6-8-12/h4-8,10-11,13H,9H2,1-3H3,(H,15,16). The van der Waals surface area contributed by atoms with Gasteiger partial charge in [-0.25, -0.2) is 0 Å². The number of aliphatic carboxylic acids is 1. The van der Waals surface area contributed by atoms with Crippen LogP contribution in [0.15, 0.2) is 30.3 Å². The number of rotatable bonds is 6. The van der Waals surface area contributed by atoms with Crippen molar-refractivity contribution in [3.63, 3.8) is 0 Å². The fourth-order valence-electron chi connectivity index (χ4n) is 1.49. The highest BCUT2D eigenvalue weighted by atomic mass is 32.2.